The molecule has 0 fully saturated rings. The molecule has 4 nitrogen and oxygen atoms in total. The van der Waals surface area contributed by atoms with Gasteiger partial charge < -0.3 is 19.6 Å². The largest absolute Gasteiger partial charge is 0.310 e. The number of rotatable bonds is 12. The standard InChI is InChI=1S/C84H56N4/c1-9-29-57(30-10-1)85(58-31-11-2-12-32-58)65-49-73-69-45-25-26-46-70(69)74-51-67(87(61-37-17-5-18-38-61)62-39-19-6-20-40-62)55-79-80-56-68(88(63-41-21-7-22-42-63)64-43-23-8-24-44-64)52-76-72-48-28-27-47-71(72)75-50-66(54-78(82(75)84(76)80)77(53-65)81(73)83(74)79)86(59-33-13-3-14-34-59)60-35-15-4-16-36-60/h1-56H. The number of hydrogen-bond donors (Lipinski definition) is 0. The molecule has 0 radical (unpaired) electrons. The highest BCUT2D eigenvalue weighted by molar-refractivity contribution is 6.45. The average molecular weight is 1120 g/mol. The number of para-hydroxylation sites is 8. The van der Waals surface area contributed by atoms with Crippen LogP contribution in [0, 0.1) is 0 Å². The maximum absolute atomic E-state index is 2.51. The van der Waals surface area contributed by atoms with E-state index in [1.165, 1.54) is 64.6 Å². The number of hydrogen-bond acceptors (Lipinski definition) is 4. The summed E-state index contributed by atoms with van der Waals surface area (Å²) in [6.45, 7) is 0. The zero-order chi connectivity index (χ0) is 58.1. The van der Waals surface area contributed by atoms with Crippen molar-refractivity contribution in [3.8, 4) is 0 Å². The fourth-order valence-electron chi connectivity index (χ4n) is 14.1. The molecule has 17 aromatic rings. The summed E-state index contributed by atoms with van der Waals surface area (Å²) in [5.41, 5.74) is 12.9. The molecule has 0 N–H and O–H groups in total. The third-order valence-electron chi connectivity index (χ3n) is 17.7. The van der Waals surface area contributed by atoms with E-state index in [-0.39, 0.29) is 0 Å². The molecular formula is C84H56N4. The minimum atomic E-state index is 1.07. The Bertz CT molecular complexity index is 4580. The van der Waals surface area contributed by atoms with E-state index in [1.807, 2.05) is 0 Å². The second-order valence-electron chi connectivity index (χ2n) is 22.8. The molecule has 0 atom stereocenters. The van der Waals surface area contributed by atoms with Crippen molar-refractivity contribution in [1.82, 2.24) is 0 Å². The summed E-state index contributed by atoms with van der Waals surface area (Å²) in [4.78, 5) is 9.76. The van der Waals surface area contributed by atoms with Gasteiger partial charge in [-0.15, -0.1) is 0 Å². The van der Waals surface area contributed by atoms with E-state index in [2.05, 4.69) is 359 Å². The van der Waals surface area contributed by atoms with Crippen molar-refractivity contribution in [1.29, 1.82) is 0 Å². The van der Waals surface area contributed by atoms with Crippen molar-refractivity contribution in [3.05, 3.63) is 340 Å². The van der Waals surface area contributed by atoms with Gasteiger partial charge in [-0.05, 0) is 232 Å². The Balaban J connectivity index is 1.16. The zero-order valence-corrected chi connectivity index (χ0v) is 48.1. The van der Waals surface area contributed by atoms with Crippen molar-refractivity contribution in [2.75, 3.05) is 19.6 Å². The molecule has 0 aliphatic carbocycles. The number of anilines is 12. The van der Waals surface area contributed by atoms with E-state index in [1.54, 1.807) is 0 Å². The predicted molar refractivity (Wildman–Crippen MR) is 376 cm³/mol. The maximum atomic E-state index is 2.51. The van der Waals surface area contributed by atoms with Crippen LogP contribution >= 0.6 is 0 Å². The van der Waals surface area contributed by atoms with Gasteiger partial charge in [-0.3, -0.25) is 0 Å². The van der Waals surface area contributed by atoms with Crippen LogP contribution in [0.5, 0.6) is 0 Å². The Kier molecular flexibility index (Phi) is 12.2. The molecule has 0 saturated heterocycles. The van der Waals surface area contributed by atoms with Crippen LogP contribution in [0.4, 0.5) is 68.2 Å². The summed E-state index contributed by atoms with van der Waals surface area (Å²) in [7, 11) is 0. The molecule has 0 aliphatic heterocycles. The molecule has 17 rings (SSSR count). The van der Waals surface area contributed by atoms with Gasteiger partial charge in [0.1, 0.15) is 0 Å². The van der Waals surface area contributed by atoms with E-state index >= 15 is 0 Å². The molecule has 0 amide bonds. The highest BCUT2D eigenvalue weighted by Crippen LogP contribution is 2.54. The lowest BCUT2D eigenvalue weighted by Gasteiger charge is -2.30. The fraction of sp³-hybridized carbons (Fsp3) is 0. The monoisotopic (exact) mass is 1120 g/mol. The molecule has 412 valence electrons. The van der Waals surface area contributed by atoms with Crippen LogP contribution < -0.4 is 19.6 Å². The normalized spacial score (nSPS) is 11.6. The Hall–Kier alpha value is -11.7. The summed E-state index contributed by atoms with van der Waals surface area (Å²) >= 11 is 0. The number of benzene rings is 16. The van der Waals surface area contributed by atoms with E-state index < -0.39 is 0 Å². The second-order valence-corrected chi connectivity index (χ2v) is 22.8. The van der Waals surface area contributed by atoms with E-state index in [0.29, 0.717) is 0 Å². The van der Waals surface area contributed by atoms with Crippen LogP contribution in [-0.2, 0) is 0 Å². The third-order valence-corrected chi connectivity index (χ3v) is 17.7. The van der Waals surface area contributed by atoms with Gasteiger partial charge in [0, 0.05) is 68.2 Å². The highest BCUT2D eigenvalue weighted by atomic mass is 15.2. The highest BCUT2D eigenvalue weighted by Gasteiger charge is 2.27. The predicted octanol–water partition coefficient (Wildman–Crippen LogP) is 24.2. The van der Waals surface area contributed by atoms with Crippen molar-refractivity contribution in [3.63, 3.8) is 0 Å². The summed E-state index contributed by atoms with van der Waals surface area (Å²) < 4.78 is 0. The Morgan fingerprint density at radius 3 is 0.386 bits per heavy atom. The second kappa shape index (κ2) is 21.1. The average Bonchev–Trinajstić information content (AvgIpc) is 0.717. The van der Waals surface area contributed by atoms with E-state index in [9.17, 15) is 0 Å². The van der Waals surface area contributed by atoms with Gasteiger partial charge >= 0.3 is 0 Å². The summed E-state index contributed by atoms with van der Waals surface area (Å²) in [6.07, 6.45) is 0. The molecule has 0 aromatic heterocycles. The minimum absolute atomic E-state index is 1.07. The third kappa shape index (κ3) is 8.37. The summed E-state index contributed by atoms with van der Waals surface area (Å²) in [5, 5.41) is 18.9. The van der Waals surface area contributed by atoms with Crippen LogP contribution in [0.2, 0.25) is 0 Å². The van der Waals surface area contributed by atoms with Crippen LogP contribution in [0.1, 0.15) is 0 Å². The van der Waals surface area contributed by atoms with Crippen molar-refractivity contribution < 1.29 is 0 Å². The van der Waals surface area contributed by atoms with Crippen molar-refractivity contribution >= 4 is 154 Å². The topological polar surface area (TPSA) is 13.0 Å². The SMILES string of the molecule is c1ccc(N(c2ccccc2)c2cc3c4ccccc4c4cc(N(c5ccccc5)c5ccccc5)cc5c6cc(N(c7ccccc7)c7ccccc7)cc7c8ccccc8c8cc(N(c9ccccc9)c9ccccc9)cc(c(c2)c3c45)c8c76)cc1. The van der Waals surface area contributed by atoms with Gasteiger partial charge in [0.05, 0.1) is 0 Å². The lowest BCUT2D eigenvalue weighted by Crippen LogP contribution is -2.11. The minimum Gasteiger partial charge on any atom is -0.310 e. The van der Waals surface area contributed by atoms with E-state index in [4.69, 9.17) is 0 Å². The van der Waals surface area contributed by atoms with Crippen LogP contribution in [-0.4, -0.2) is 0 Å². The van der Waals surface area contributed by atoms with Crippen LogP contribution in [0.3, 0.4) is 0 Å². The molecule has 0 unspecified atom stereocenters. The lowest BCUT2D eigenvalue weighted by molar-refractivity contribution is 1.29. The molecule has 0 spiro atoms. The first-order valence-corrected chi connectivity index (χ1v) is 30.2. The van der Waals surface area contributed by atoms with Gasteiger partial charge in [-0.1, -0.05) is 194 Å². The van der Waals surface area contributed by atoms with Gasteiger partial charge in [-0.2, -0.15) is 0 Å². The van der Waals surface area contributed by atoms with Gasteiger partial charge in [0.25, 0.3) is 0 Å². The molecule has 0 saturated carbocycles. The fourth-order valence-corrected chi connectivity index (χ4v) is 14.1. The van der Waals surface area contributed by atoms with Crippen molar-refractivity contribution in [2.45, 2.75) is 0 Å². The number of nitrogens with zero attached hydrogens (tertiary/aromatic N) is 4. The molecule has 0 bridgehead atoms. The first-order chi connectivity index (χ1) is 43.7. The Morgan fingerprint density at radius 1 is 0.114 bits per heavy atom. The number of fused-ring (bicyclic) bond motifs is 8. The first kappa shape index (κ1) is 50.8. The van der Waals surface area contributed by atoms with Gasteiger partial charge in [0.15, 0.2) is 0 Å². The van der Waals surface area contributed by atoms with Crippen molar-refractivity contribution in [2.24, 2.45) is 0 Å². The molecular weight excluding hydrogens is 1060 g/mol. The summed E-state index contributed by atoms with van der Waals surface area (Å²) in [5.74, 6) is 0. The maximum Gasteiger partial charge on any atom is 0.0474 e. The molecule has 17 aromatic carbocycles. The Labute approximate surface area is 510 Å². The quantitative estimate of drug-likeness (QED) is 0.113. The lowest BCUT2D eigenvalue weighted by atomic mass is 9.83. The first-order valence-electron chi connectivity index (χ1n) is 30.2. The zero-order valence-electron chi connectivity index (χ0n) is 48.1. The molecule has 88 heavy (non-hydrogen) atoms. The smallest absolute Gasteiger partial charge is 0.0474 e. The van der Waals surface area contributed by atoms with Crippen LogP contribution in [0.25, 0.3) is 86.2 Å². The van der Waals surface area contributed by atoms with Gasteiger partial charge in [-0.25, -0.2) is 0 Å². The Morgan fingerprint density at radius 2 is 0.239 bits per heavy atom. The van der Waals surface area contributed by atoms with Gasteiger partial charge in [0.2, 0.25) is 0 Å². The molecule has 0 aliphatic rings. The molecule has 0 heterocycles. The molecule has 4 heteroatoms. The van der Waals surface area contributed by atoms with E-state index in [0.717, 1.165) is 89.8 Å². The summed E-state index contributed by atoms with van der Waals surface area (Å²) in [6, 6.07) is 125. The van der Waals surface area contributed by atoms with Crippen LogP contribution in [0.15, 0.2) is 340 Å².